The Morgan fingerprint density at radius 2 is 1.91 bits per heavy atom. The van der Waals surface area contributed by atoms with Crippen molar-refractivity contribution in [2.45, 2.75) is 12.6 Å². The molecular weight excluding hydrogens is 367 g/mol. The van der Waals surface area contributed by atoms with E-state index in [0.717, 1.165) is 4.90 Å². The SMILES string of the molecule is O=C(O)[C@@H]1CN(C(=O)Cc2ccccc2Br)C[C@H]1C(F)(F)F. The molecule has 8 heteroatoms. The van der Waals surface area contributed by atoms with Crippen molar-refractivity contribution in [1.29, 1.82) is 0 Å². The number of carbonyl (C=O) groups is 2. The first-order valence-corrected chi connectivity index (χ1v) is 7.30. The molecule has 2 atom stereocenters. The van der Waals surface area contributed by atoms with Crippen LogP contribution in [0.2, 0.25) is 0 Å². The van der Waals surface area contributed by atoms with Gasteiger partial charge in [0, 0.05) is 17.6 Å². The second-order valence-electron chi connectivity index (χ2n) is 5.16. The standard InChI is InChI=1S/C14H13BrF3NO3/c15-11-4-2-1-3-8(11)5-12(20)19-6-9(13(21)22)10(7-19)14(16,17)18/h1-4,9-10H,5-7H2,(H,21,22)/t9-,10-/m1/s1. The van der Waals surface area contributed by atoms with Crippen LogP contribution in [-0.4, -0.2) is 41.1 Å². The van der Waals surface area contributed by atoms with Gasteiger partial charge in [0.15, 0.2) is 0 Å². The first kappa shape index (κ1) is 16.8. The number of likely N-dealkylation sites (tertiary alicyclic amines) is 1. The summed E-state index contributed by atoms with van der Waals surface area (Å²) >= 11 is 3.27. The van der Waals surface area contributed by atoms with Gasteiger partial charge in [-0.15, -0.1) is 0 Å². The van der Waals surface area contributed by atoms with Crippen LogP contribution < -0.4 is 0 Å². The molecule has 0 spiro atoms. The number of amides is 1. The third-order valence-electron chi connectivity index (χ3n) is 3.71. The summed E-state index contributed by atoms with van der Waals surface area (Å²) in [6.45, 7) is -1.02. The van der Waals surface area contributed by atoms with Crippen LogP contribution in [0.3, 0.4) is 0 Å². The minimum Gasteiger partial charge on any atom is -0.481 e. The summed E-state index contributed by atoms with van der Waals surface area (Å²) in [6, 6.07) is 6.89. The molecule has 1 saturated heterocycles. The van der Waals surface area contributed by atoms with Gasteiger partial charge in [-0.1, -0.05) is 34.1 Å². The number of nitrogens with zero attached hydrogens (tertiary/aromatic N) is 1. The maximum Gasteiger partial charge on any atom is 0.394 e. The Kier molecular flexibility index (Phi) is 4.79. The van der Waals surface area contributed by atoms with Crippen LogP contribution in [-0.2, 0) is 16.0 Å². The Bertz CT molecular complexity index is 591. The van der Waals surface area contributed by atoms with Crippen LogP contribution in [0.25, 0.3) is 0 Å². The maximum absolute atomic E-state index is 12.9. The van der Waals surface area contributed by atoms with E-state index in [9.17, 15) is 22.8 Å². The van der Waals surface area contributed by atoms with Gasteiger partial charge in [-0.2, -0.15) is 13.2 Å². The molecule has 1 amide bonds. The highest BCUT2D eigenvalue weighted by Crippen LogP contribution is 2.38. The van der Waals surface area contributed by atoms with Crippen molar-refractivity contribution in [2.24, 2.45) is 11.8 Å². The van der Waals surface area contributed by atoms with Crippen molar-refractivity contribution in [3.8, 4) is 0 Å². The zero-order chi connectivity index (χ0) is 16.5. The summed E-state index contributed by atoms with van der Waals surface area (Å²) in [7, 11) is 0. The molecule has 120 valence electrons. The van der Waals surface area contributed by atoms with E-state index in [1.807, 2.05) is 0 Å². The van der Waals surface area contributed by atoms with Gasteiger partial charge in [-0.25, -0.2) is 0 Å². The van der Waals surface area contributed by atoms with E-state index in [2.05, 4.69) is 15.9 Å². The fourth-order valence-corrected chi connectivity index (χ4v) is 2.93. The van der Waals surface area contributed by atoms with Gasteiger partial charge in [0.25, 0.3) is 0 Å². The maximum atomic E-state index is 12.9. The lowest BCUT2D eigenvalue weighted by Gasteiger charge is -2.18. The normalized spacial score (nSPS) is 21.9. The molecule has 0 radical (unpaired) electrons. The summed E-state index contributed by atoms with van der Waals surface area (Å²) in [4.78, 5) is 24.1. The van der Waals surface area contributed by atoms with E-state index >= 15 is 0 Å². The minimum atomic E-state index is -4.63. The van der Waals surface area contributed by atoms with Crippen molar-refractivity contribution in [1.82, 2.24) is 4.90 Å². The summed E-state index contributed by atoms with van der Waals surface area (Å²) in [5, 5.41) is 8.93. The molecule has 1 N–H and O–H groups in total. The molecule has 0 bridgehead atoms. The molecule has 1 aliphatic rings. The van der Waals surface area contributed by atoms with E-state index in [4.69, 9.17) is 5.11 Å². The van der Waals surface area contributed by atoms with E-state index in [1.165, 1.54) is 0 Å². The summed E-state index contributed by atoms with van der Waals surface area (Å²) in [6.07, 6.45) is -4.70. The molecule has 1 aromatic rings. The highest BCUT2D eigenvalue weighted by atomic mass is 79.9. The minimum absolute atomic E-state index is 0.0711. The number of aliphatic carboxylic acids is 1. The van der Waals surface area contributed by atoms with Crippen LogP contribution in [0.4, 0.5) is 13.2 Å². The Morgan fingerprint density at radius 3 is 2.41 bits per heavy atom. The Balaban J connectivity index is 2.12. The van der Waals surface area contributed by atoms with Gasteiger partial charge in [-0.3, -0.25) is 9.59 Å². The number of hydrogen-bond acceptors (Lipinski definition) is 2. The van der Waals surface area contributed by atoms with Gasteiger partial charge >= 0.3 is 12.1 Å². The smallest absolute Gasteiger partial charge is 0.394 e. The quantitative estimate of drug-likeness (QED) is 0.878. The fourth-order valence-electron chi connectivity index (χ4n) is 2.51. The zero-order valence-electron chi connectivity index (χ0n) is 11.3. The van der Waals surface area contributed by atoms with Crippen LogP contribution in [0, 0.1) is 11.8 Å². The molecular formula is C14H13BrF3NO3. The Morgan fingerprint density at radius 1 is 1.27 bits per heavy atom. The molecule has 0 unspecified atom stereocenters. The highest BCUT2D eigenvalue weighted by molar-refractivity contribution is 9.10. The first-order valence-electron chi connectivity index (χ1n) is 6.51. The van der Waals surface area contributed by atoms with Gasteiger partial charge in [0.1, 0.15) is 0 Å². The number of carbonyl (C=O) groups excluding carboxylic acids is 1. The second-order valence-corrected chi connectivity index (χ2v) is 6.01. The number of alkyl halides is 3. The number of rotatable bonds is 3. The van der Waals surface area contributed by atoms with Crippen LogP contribution in [0.15, 0.2) is 28.7 Å². The monoisotopic (exact) mass is 379 g/mol. The number of hydrogen-bond donors (Lipinski definition) is 1. The number of benzene rings is 1. The molecule has 2 rings (SSSR count). The van der Waals surface area contributed by atoms with Gasteiger partial charge < -0.3 is 10.0 Å². The molecule has 22 heavy (non-hydrogen) atoms. The predicted molar refractivity (Wildman–Crippen MR) is 75.1 cm³/mol. The third-order valence-corrected chi connectivity index (χ3v) is 4.48. The lowest BCUT2D eigenvalue weighted by molar-refractivity contribution is -0.188. The summed E-state index contributed by atoms with van der Waals surface area (Å²) in [5.74, 6) is -5.67. The van der Waals surface area contributed by atoms with Gasteiger partial charge in [0.05, 0.1) is 18.3 Å². The average Bonchev–Trinajstić information content (AvgIpc) is 2.86. The van der Waals surface area contributed by atoms with E-state index < -0.39 is 43.0 Å². The van der Waals surface area contributed by atoms with E-state index in [-0.39, 0.29) is 6.42 Å². The molecule has 0 aromatic heterocycles. The predicted octanol–water partition coefficient (Wildman–Crippen LogP) is 2.71. The summed E-state index contributed by atoms with van der Waals surface area (Å²) in [5.41, 5.74) is 0.648. The average molecular weight is 380 g/mol. The Labute approximate surface area is 133 Å². The topological polar surface area (TPSA) is 57.6 Å². The zero-order valence-corrected chi connectivity index (χ0v) is 12.9. The lowest BCUT2D eigenvalue weighted by Crippen LogP contribution is -2.34. The van der Waals surface area contributed by atoms with Crippen molar-refractivity contribution < 1.29 is 27.9 Å². The van der Waals surface area contributed by atoms with Crippen LogP contribution in [0.1, 0.15) is 5.56 Å². The molecule has 1 fully saturated rings. The number of halogens is 4. The molecule has 1 heterocycles. The second kappa shape index (κ2) is 6.28. The van der Waals surface area contributed by atoms with Crippen molar-refractivity contribution in [3.63, 3.8) is 0 Å². The van der Waals surface area contributed by atoms with Crippen molar-refractivity contribution in [2.75, 3.05) is 13.1 Å². The van der Waals surface area contributed by atoms with E-state index in [1.54, 1.807) is 24.3 Å². The highest BCUT2D eigenvalue weighted by Gasteiger charge is 2.53. The molecule has 1 aromatic carbocycles. The fraction of sp³-hybridized carbons (Fsp3) is 0.429. The van der Waals surface area contributed by atoms with Gasteiger partial charge in [0.2, 0.25) is 5.91 Å². The van der Waals surface area contributed by atoms with Crippen LogP contribution >= 0.6 is 15.9 Å². The Hall–Kier alpha value is -1.57. The van der Waals surface area contributed by atoms with Crippen molar-refractivity contribution >= 4 is 27.8 Å². The van der Waals surface area contributed by atoms with Crippen LogP contribution in [0.5, 0.6) is 0 Å². The van der Waals surface area contributed by atoms with Crippen molar-refractivity contribution in [3.05, 3.63) is 34.3 Å². The van der Waals surface area contributed by atoms with E-state index in [0.29, 0.717) is 10.0 Å². The molecule has 4 nitrogen and oxygen atoms in total. The largest absolute Gasteiger partial charge is 0.481 e. The number of carboxylic acid groups (broad SMARTS) is 1. The molecule has 1 aliphatic heterocycles. The van der Waals surface area contributed by atoms with Gasteiger partial charge in [-0.05, 0) is 11.6 Å². The lowest BCUT2D eigenvalue weighted by atomic mass is 9.96. The molecule has 0 saturated carbocycles. The third kappa shape index (κ3) is 3.60. The molecule has 0 aliphatic carbocycles. The summed E-state index contributed by atoms with van der Waals surface area (Å²) < 4.78 is 39.4. The number of carboxylic acids is 1. The first-order chi connectivity index (χ1) is 10.2.